The van der Waals surface area contributed by atoms with Gasteiger partial charge in [-0.3, -0.25) is 25.2 Å². The average Bonchev–Trinajstić information content (AvgIpc) is 2.88. The highest BCUT2D eigenvalue weighted by Gasteiger charge is 2.12. The number of carbonyl (C=O) groups excluding carboxylic acids is 2. The molecule has 1 aromatic heterocycles. The Morgan fingerprint density at radius 3 is 2.18 bits per heavy atom. The van der Waals surface area contributed by atoms with Crippen LogP contribution in [0, 0.1) is 11.3 Å². The lowest BCUT2D eigenvalue weighted by molar-refractivity contribution is -0.129. The lowest BCUT2D eigenvalue weighted by Crippen LogP contribution is -2.44. The van der Waals surface area contributed by atoms with Crippen molar-refractivity contribution in [1.82, 2.24) is 21.0 Å². The molecule has 4 aromatic rings. The van der Waals surface area contributed by atoms with Crippen molar-refractivity contribution in [1.29, 1.82) is 5.26 Å². The minimum Gasteiger partial charge on any atom is -0.484 e. The molecule has 0 saturated carbocycles. The van der Waals surface area contributed by atoms with E-state index in [0.717, 1.165) is 11.1 Å². The fourth-order valence-electron chi connectivity index (χ4n) is 3.31. The van der Waals surface area contributed by atoms with Gasteiger partial charge in [0.05, 0.1) is 29.1 Å². The van der Waals surface area contributed by atoms with Gasteiger partial charge in [0.15, 0.2) is 6.61 Å². The number of nitriles is 1. The van der Waals surface area contributed by atoms with Gasteiger partial charge in [0.2, 0.25) is 5.91 Å². The number of aromatic amines is 1. The Bertz CT molecular complexity index is 1440. The van der Waals surface area contributed by atoms with Gasteiger partial charge in [-0.25, -0.2) is 5.10 Å². The highest BCUT2D eigenvalue weighted by molar-refractivity contribution is 5.89. The maximum Gasteiger partial charge on any atom is 0.276 e. The van der Waals surface area contributed by atoms with E-state index in [1.807, 2.05) is 24.3 Å². The second kappa shape index (κ2) is 10.1. The third-order valence-corrected chi connectivity index (χ3v) is 5.02. The fraction of sp³-hybridized carbons (Fsp3) is 0.0800. The van der Waals surface area contributed by atoms with Crippen LogP contribution in [0.1, 0.15) is 11.3 Å². The molecule has 0 fully saturated rings. The van der Waals surface area contributed by atoms with Crippen LogP contribution in [0.5, 0.6) is 5.75 Å². The standard InChI is InChI=1S/C25H19N5O4/c26-14-16-5-7-17(8-6-16)18-9-11-19(12-10-18)34-15-24(32)29-28-23(31)13-22-20-3-1-2-4-21(20)25(33)30-27-22/h1-12H,13,15H2,(H,28,31)(H,29,32)(H,30,33). The van der Waals surface area contributed by atoms with E-state index in [1.54, 1.807) is 48.5 Å². The molecular weight excluding hydrogens is 434 g/mol. The van der Waals surface area contributed by atoms with Gasteiger partial charge in [-0.1, -0.05) is 42.5 Å². The van der Waals surface area contributed by atoms with Gasteiger partial charge >= 0.3 is 0 Å². The van der Waals surface area contributed by atoms with Crippen molar-refractivity contribution in [2.24, 2.45) is 0 Å². The number of amides is 2. The van der Waals surface area contributed by atoms with Crippen LogP contribution >= 0.6 is 0 Å². The van der Waals surface area contributed by atoms with E-state index < -0.39 is 11.8 Å². The number of hydrogen-bond acceptors (Lipinski definition) is 6. The molecule has 168 valence electrons. The summed E-state index contributed by atoms with van der Waals surface area (Å²) < 4.78 is 5.46. The second-order valence-corrected chi connectivity index (χ2v) is 7.32. The van der Waals surface area contributed by atoms with Crippen LogP contribution in [0.3, 0.4) is 0 Å². The van der Waals surface area contributed by atoms with Crippen molar-refractivity contribution in [2.45, 2.75) is 6.42 Å². The smallest absolute Gasteiger partial charge is 0.276 e. The molecule has 34 heavy (non-hydrogen) atoms. The average molecular weight is 453 g/mol. The lowest BCUT2D eigenvalue weighted by Gasteiger charge is -2.10. The molecule has 0 bridgehead atoms. The zero-order valence-corrected chi connectivity index (χ0v) is 17.9. The van der Waals surface area contributed by atoms with Crippen molar-refractivity contribution in [3.8, 4) is 22.9 Å². The molecule has 2 amide bonds. The van der Waals surface area contributed by atoms with E-state index in [2.05, 4.69) is 27.1 Å². The first kappa shape index (κ1) is 22.2. The van der Waals surface area contributed by atoms with E-state index in [1.165, 1.54) is 0 Å². The van der Waals surface area contributed by atoms with Gasteiger partial charge in [0.1, 0.15) is 5.75 Å². The molecule has 0 aliphatic heterocycles. The highest BCUT2D eigenvalue weighted by atomic mass is 16.5. The summed E-state index contributed by atoms with van der Waals surface area (Å²) in [6.07, 6.45) is -0.130. The number of nitrogens with one attached hydrogen (secondary N) is 3. The number of hydrazine groups is 1. The molecule has 3 N–H and O–H groups in total. The number of fused-ring (bicyclic) bond motifs is 1. The molecule has 9 heteroatoms. The van der Waals surface area contributed by atoms with Gasteiger partial charge in [-0.15, -0.1) is 0 Å². The van der Waals surface area contributed by atoms with Gasteiger partial charge in [0, 0.05) is 5.39 Å². The summed E-state index contributed by atoms with van der Waals surface area (Å²) in [4.78, 5) is 36.1. The number of carbonyl (C=O) groups is 2. The molecule has 0 spiro atoms. The number of aromatic nitrogens is 2. The van der Waals surface area contributed by atoms with Crippen molar-refractivity contribution < 1.29 is 14.3 Å². The predicted octanol–water partition coefficient (Wildman–Crippen LogP) is 2.23. The maximum absolute atomic E-state index is 12.2. The summed E-state index contributed by atoms with van der Waals surface area (Å²) in [6.45, 7) is -0.295. The van der Waals surface area contributed by atoms with Gasteiger partial charge in [-0.2, -0.15) is 10.4 Å². The largest absolute Gasteiger partial charge is 0.484 e. The molecule has 4 rings (SSSR count). The number of nitrogens with zero attached hydrogens (tertiary/aromatic N) is 2. The SMILES string of the molecule is N#Cc1ccc(-c2ccc(OCC(=O)NNC(=O)Cc3n[nH]c(=O)c4ccccc34)cc2)cc1. The van der Waals surface area contributed by atoms with Crippen LogP contribution in [0.2, 0.25) is 0 Å². The third-order valence-electron chi connectivity index (χ3n) is 5.02. The van der Waals surface area contributed by atoms with E-state index >= 15 is 0 Å². The van der Waals surface area contributed by atoms with Gasteiger partial charge in [-0.05, 0) is 41.5 Å². The van der Waals surface area contributed by atoms with Crippen molar-refractivity contribution in [3.63, 3.8) is 0 Å². The minimum absolute atomic E-state index is 0.130. The van der Waals surface area contributed by atoms with Crippen LogP contribution in [-0.4, -0.2) is 28.6 Å². The zero-order chi connectivity index (χ0) is 23.9. The zero-order valence-electron chi connectivity index (χ0n) is 17.9. The summed E-state index contributed by atoms with van der Waals surface area (Å²) in [7, 11) is 0. The molecule has 9 nitrogen and oxygen atoms in total. The molecule has 1 heterocycles. The number of H-pyrrole nitrogens is 1. The quantitative estimate of drug-likeness (QED) is 0.383. The maximum atomic E-state index is 12.2. The Balaban J connectivity index is 1.27. The second-order valence-electron chi connectivity index (χ2n) is 7.32. The molecule has 0 aliphatic rings. The first-order chi connectivity index (χ1) is 16.5. The monoisotopic (exact) mass is 453 g/mol. The van der Waals surface area contributed by atoms with E-state index in [9.17, 15) is 14.4 Å². The van der Waals surface area contributed by atoms with Crippen LogP contribution in [0.15, 0.2) is 77.6 Å². The summed E-state index contributed by atoms with van der Waals surface area (Å²) in [5.41, 5.74) is 7.14. The summed E-state index contributed by atoms with van der Waals surface area (Å²) in [5, 5.41) is 16.2. The van der Waals surface area contributed by atoms with E-state index in [0.29, 0.717) is 27.8 Å². The Kier molecular flexibility index (Phi) is 6.60. The molecule has 0 aliphatic carbocycles. The molecule has 3 aromatic carbocycles. The summed E-state index contributed by atoms with van der Waals surface area (Å²) >= 11 is 0. The number of benzene rings is 3. The first-order valence-electron chi connectivity index (χ1n) is 10.3. The number of hydrogen-bond donors (Lipinski definition) is 3. The van der Waals surface area contributed by atoms with Crippen molar-refractivity contribution >= 4 is 22.6 Å². The highest BCUT2D eigenvalue weighted by Crippen LogP contribution is 2.22. The van der Waals surface area contributed by atoms with E-state index in [4.69, 9.17) is 10.00 Å². The topological polar surface area (TPSA) is 137 Å². The Labute approximate surface area is 194 Å². The molecule has 0 atom stereocenters. The lowest BCUT2D eigenvalue weighted by atomic mass is 10.0. The predicted molar refractivity (Wildman–Crippen MR) is 124 cm³/mol. The normalized spacial score (nSPS) is 10.3. The number of rotatable bonds is 6. The molecule has 0 unspecified atom stereocenters. The Morgan fingerprint density at radius 2 is 1.50 bits per heavy atom. The Morgan fingerprint density at radius 1 is 0.882 bits per heavy atom. The van der Waals surface area contributed by atoms with Gasteiger partial charge in [0.25, 0.3) is 11.5 Å². The summed E-state index contributed by atoms with van der Waals surface area (Å²) in [6, 6.07) is 23.3. The van der Waals surface area contributed by atoms with Crippen LogP contribution < -0.4 is 21.1 Å². The van der Waals surface area contributed by atoms with Crippen molar-refractivity contribution in [2.75, 3.05) is 6.61 Å². The summed E-state index contributed by atoms with van der Waals surface area (Å²) in [5.74, 6) is -0.545. The van der Waals surface area contributed by atoms with Crippen LogP contribution in [0.4, 0.5) is 0 Å². The van der Waals surface area contributed by atoms with Crippen LogP contribution in [0.25, 0.3) is 21.9 Å². The third kappa shape index (κ3) is 5.26. The number of ether oxygens (including phenoxy) is 1. The van der Waals surface area contributed by atoms with E-state index in [-0.39, 0.29) is 18.6 Å². The van der Waals surface area contributed by atoms with Crippen LogP contribution in [-0.2, 0) is 16.0 Å². The first-order valence-corrected chi connectivity index (χ1v) is 10.3. The van der Waals surface area contributed by atoms with Crippen molar-refractivity contribution in [3.05, 3.63) is 94.4 Å². The molecule has 0 radical (unpaired) electrons. The van der Waals surface area contributed by atoms with Gasteiger partial charge < -0.3 is 4.74 Å². The Hall–Kier alpha value is -4.97. The molecular formula is C25H19N5O4. The fourth-order valence-corrected chi connectivity index (χ4v) is 3.31. The molecule has 0 saturated heterocycles. The minimum atomic E-state index is -0.538.